The highest BCUT2D eigenvalue weighted by Crippen LogP contribution is 2.39. The molecule has 0 atom stereocenters. The number of benzene rings is 3. The molecule has 1 heterocycles. The summed E-state index contributed by atoms with van der Waals surface area (Å²) in [4.78, 5) is 16.3. The van der Waals surface area contributed by atoms with Crippen molar-refractivity contribution in [3.8, 4) is 44.7 Å². The Morgan fingerprint density at radius 3 is 2.20 bits per heavy atom. The first-order chi connectivity index (χ1) is 19.6. The van der Waals surface area contributed by atoms with Gasteiger partial charge in [-0.1, -0.05) is 13.3 Å². The largest absolute Gasteiger partial charge is 0.573 e. The molecule has 216 valence electrons. The highest BCUT2D eigenvalue weighted by atomic mass is 32.1. The van der Waals surface area contributed by atoms with Gasteiger partial charge in [0.15, 0.2) is 6.61 Å². The maximum absolute atomic E-state index is 12.6. The molecule has 1 N–H and O–H groups in total. The number of unbranched alkanes of at least 4 members (excludes halogenated alkanes) is 1. The summed E-state index contributed by atoms with van der Waals surface area (Å²) < 4.78 is 58.9. The summed E-state index contributed by atoms with van der Waals surface area (Å²) >= 11 is 1.37. The lowest BCUT2D eigenvalue weighted by Crippen LogP contribution is -2.16. The molecular weight excluding hydrogens is 559 g/mol. The summed E-state index contributed by atoms with van der Waals surface area (Å²) in [5.41, 5.74) is 2.87. The molecule has 0 amide bonds. The summed E-state index contributed by atoms with van der Waals surface area (Å²) in [7, 11) is 0. The van der Waals surface area contributed by atoms with Gasteiger partial charge in [-0.15, -0.1) is 24.5 Å². The summed E-state index contributed by atoms with van der Waals surface area (Å²) in [6.07, 6.45) is -2.80. The average Bonchev–Trinajstić information content (AvgIpc) is 3.36. The topological polar surface area (TPSA) is 87.1 Å². The fourth-order valence-corrected chi connectivity index (χ4v) is 4.83. The van der Waals surface area contributed by atoms with Gasteiger partial charge in [-0.25, -0.2) is 9.78 Å². The third kappa shape index (κ3) is 8.62. The molecule has 0 bridgehead atoms. The van der Waals surface area contributed by atoms with E-state index in [4.69, 9.17) is 24.3 Å². The molecule has 3 aromatic carbocycles. The number of alkyl halides is 3. The molecule has 4 aromatic rings. The Hall–Kier alpha value is -4.25. The van der Waals surface area contributed by atoms with Crippen molar-refractivity contribution in [3.63, 3.8) is 0 Å². The molecule has 0 unspecified atom stereocenters. The number of rotatable bonds is 13. The molecule has 0 saturated heterocycles. The van der Waals surface area contributed by atoms with Crippen LogP contribution < -0.4 is 18.9 Å². The van der Waals surface area contributed by atoms with Gasteiger partial charge in [0.05, 0.1) is 17.2 Å². The molecule has 41 heavy (non-hydrogen) atoms. The zero-order valence-corrected chi connectivity index (χ0v) is 23.2. The molecule has 0 aliphatic heterocycles. The van der Waals surface area contributed by atoms with Crippen LogP contribution in [0.5, 0.6) is 23.0 Å². The van der Waals surface area contributed by atoms with E-state index in [9.17, 15) is 18.0 Å². The van der Waals surface area contributed by atoms with E-state index in [0.717, 1.165) is 29.0 Å². The number of ether oxygens (including phenoxy) is 4. The van der Waals surface area contributed by atoms with Gasteiger partial charge in [0, 0.05) is 5.56 Å². The molecule has 1 aromatic heterocycles. The van der Waals surface area contributed by atoms with Crippen LogP contribution >= 0.6 is 11.3 Å². The first kappa shape index (κ1) is 29.7. The Balaban J connectivity index is 1.57. The van der Waals surface area contributed by atoms with Crippen molar-refractivity contribution in [1.82, 2.24) is 4.98 Å². The maximum Gasteiger partial charge on any atom is 0.573 e. The smallest absolute Gasteiger partial charge is 0.494 e. The monoisotopic (exact) mass is 587 g/mol. The Labute approximate surface area is 239 Å². The predicted molar refractivity (Wildman–Crippen MR) is 149 cm³/mol. The van der Waals surface area contributed by atoms with Gasteiger partial charge in [-0.3, -0.25) is 0 Å². The van der Waals surface area contributed by atoms with Crippen LogP contribution in [-0.4, -0.2) is 35.6 Å². The number of hydrogen-bond donors (Lipinski definition) is 1. The summed E-state index contributed by atoms with van der Waals surface area (Å²) in [6.45, 7) is 4.19. The van der Waals surface area contributed by atoms with E-state index in [-0.39, 0.29) is 12.4 Å². The van der Waals surface area contributed by atoms with E-state index in [1.165, 1.54) is 23.5 Å². The second-order valence-corrected chi connectivity index (χ2v) is 10.1. The van der Waals surface area contributed by atoms with Crippen LogP contribution in [0.2, 0.25) is 0 Å². The van der Waals surface area contributed by atoms with Gasteiger partial charge in [-0.05, 0) is 91.2 Å². The SMILES string of the molecule is CCCCOc1ccc(-c2nc(COc3ccc(OCC(=O)O)c(C)c3)sc2-c2ccc(OC(F)(F)F)cc2)cc1. The van der Waals surface area contributed by atoms with Gasteiger partial charge in [0.1, 0.15) is 34.6 Å². The van der Waals surface area contributed by atoms with E-state index in [0.29, 0.717) is 39.9 Å². The van der Waals surface area contributed by atoms with E-state index in [2.05, 4.69) is 11.7 Å². The molecule has 0 fully saturated rings. The zero-order chi connectivity index (χ0) is 29.4. The van der Waals surface area contributed by atoms with Gasteiger partial charge >= 0.3 is 12.3 Å². The molecule has 0 radical (unpaired) electrons. The van der Waals surface area contributed by atoms with E-state index < -0.39 is 18.9 Å². The minimum Gasteiger partial charge on any atom is -0.494 e. The number of nitrogens with zero attached hydrogens (tertiary/aromatic N) is 1. The van der Waals surface area contributed by atoms with Crippen LogP contribution in [0.3, 0.4) is 0 Å². The van der Waals surface area contributed by atoms with Crippen LogP contribution in [0.1, 0.15) is 30.3 Å². The minimum absolute atomic E-state index is 0.139. The highest BCUT2D eigenvalue weighted by Gasteiger charge is 2.31. The van der Waals surface area contributed by atoms with E-state index in [1.807, 2.05) is 24.3 Å². The highest BCUT2D eigenvalue weighted by molar-refractivity contribution is 7.15. The number of carbonyl (C=O) groups is 1. The van der Waals surface area contributed by atoms with Crippen LogP contribution in [0.15, 0.2) is 66.7 Å². The van der Waals surface area contributed by atoms with Crippen molar-refractivity contribution in [3.05, 3.63) is 77.3 Å². The fraction of sp³-hybridized carbons (Fsp3) is 0.267. The number of thiazole rings is 1. The Morgan fingerprint density at radius 1 is 0.902 bits per heavy atom. The molecular formula is C30H28F3NO6S. The number of aliphatic carboxylic acids is 1. The first-order valence-corrected chi connectivity index (χ1v) is 13.6. The van der Waals surface area contributed by atoms with Crippen LogP contribution in [0, 0.1) is 6.92 Å². The number of aryl methyl sites for hydroxylation is 1. The van der Waals surface area contributed by atoms with Crippen LogP contribution in [-0.2, 0) is 11.4 Å². The predicted octanol–water partition coefficient (Wildman–Crippen LogP) is 7.91. The summed E-state index contributed by atoms with van der Waals surface area (Å²) in [6, 6.07) is 18.2. The lowest BCUT2D eigenvalue weighted by molar-refractivity contribution is -0.274. The van der Waals surface area contributed by atoms with Crippen molar-refractivity contribution in [2.45, 2.75) is 39.7 Å². The van der Waals surface area contributed by atoms with Gasteiger partial charge in [-0.2, -0.15) is 0 Å². The van der Waals surface area contributed by atoms with Gasteiger partial charge in [0.2, 0.25) is 0 Å². The van der Waals surface area contributed by atoms with E-state index >= 15 is 0 Å². The fourth-order valence-electron chi connectivity index (χ4n) is 3.83. The summed E-state index contributed by atoms with van der Waals surface area (Å²) in [5, 5.41) is 9.47. The molecule has 4 rings (SSSR count). The lowest BCUT2D eigenvalue weighted by atomic mass is 10.1. The summed E-state index contributed by atoms with van der Waals surface area (Å²) in [5.74, 6) is 0.351. The molecule has 11 heteroatoms. The number of aromatic nitrogens is 1. The Kier molecular flexibility index (Phi) is 9.72. The van der Waals surface area contributed by atoms with E-state index in [1.54, 1.807) is 37.3 Å². The van der Waals surface area contributed by atoms with Crippen LogP contribution in [0.4, 0.5) is 13.2 Å². The normalized spacial score (nSPS) is 11.2. The van der Waals surface area contributed by atoms with Crippen molar-refractivity contribution >= 4 is 17.3 Å². The first-order valence-electron chi connectivity index (χ1n) is 12.8. The zero-order valence-electron chi connectivity index (χ0n) is 22.4. The Bertz CT molecular complexity index is 1450. The maximum atomic E-state index is 12.6. The number of carboxylic acids is 1. The number of carboxylic acid groups (broad SMARTS) is 1. The van der Waals surface area contributed by atoms with Gasteiger partial charge in [0.25, 0.3) is 0 Å². The molecule has 0 saturated carbocycles. The second-order valence-electron chi connectivity index (χ2n) is 8.98. The van der Waals surface area contributed by atoms with Gasteiger partial charge < -0.3 is 24.1 Å². The molecule has 0 aliphatic carbocycles. The standard InChI is InChI=1S/C30H28F3NO6S/c1-3-4-15-37-22-9-5-20(6-10-22)28-29(21-7-11-23(12-8-21)40-30(31,32)33)41-26(34-28)17-38-24-13-14-25(19(2)16-24)39-18-27(35)36/h5-14,16H,3-4,15,17-18H2,1-2H3,(H,35,36). The van der Waals surface area contributed by atoms with Crippen LogP contribution in [0.25, 0.3) is 21.7 Å². The third-order valence-corrected chi connectivity index (χ3v) is 6.85. The quantitative estimate of drug-likeness (QED) is 0.159. The third-order valence-electron chi connectivity index (χ3n) is 5.78. The van der Waals surface area contributed by atoms with Crippen molar-refractivity contribution in [1.29, 1.82) is 0 Å². The van der Waals surface area contributed by atoms with Crippen molar-refractivity contribution in [2.24, 2.45) is 0 Å². The second kappa shape index (κ2) is 13.4. The molecule has 0 aliphatic rings. The number of halogens is 3. The van der Waals surface area contributed by atoms with Crippen molar-refractivity contribution < 1.29 is 42.0 Å². The number of hydrogen-bond acceptors (Lipinski definition) is 7. The van der Waals surface area contributed by atoms with Crippen molar-refractivity contribution in [2.75, 3.05) is 13.2 Å². The minimum atomic E-state index is -4.78. The molecule has 0 spiro atoms. The average molecular weight is 588 g/mol. The molecule has 7 nitrogen and oxygen atoms in total. The Morgan fingerprint density at radius 2 is 1.56 bits per heavy atom. The lowest BCUT2D eigenvalue weighted by Gasteiger charge is -2.10.